The number of aryl methyl sites for hydroxylation is 1. The van der Waals surface area contributed by atoms with Crippen LogP contribution in [-0.2, 0) is 23.3 Å². The zero-order valence-electron chi connectivity index (χ0n) is 13.0. The second kappa shape index (κ2) is 6.75. The Morgan fingerprint density at radius 2 is 2.29 bits per heavy atom. The minimum absolute atomic E-state index is 0.138. The van der Waals surface area contributed by atoms with Crippen LogP contribution in [0.2, 0.25) is 5.02 Å². The van der Waals surface area contributed by atoms with Gasteiger partial charge in [-0.3, -0.25) is 0 Å². The summed E-state index contributed by atoms with van der Waals surface area (Å²) in [4.78, 5) is 4.12. The van der Waals surface area contributed by atoms with Crippen molar-refractivity contribution in [1.29, 1.82) is 0 Å². The lowest BCUT2D eigenvalue weighted by Gasteiger charge is -2.26. The van der Waals surface area contributed by atoms with Gasteiger partial charge >= 0.3 is 0 Å². The fourth-order valence-corrected chi connectivity index (χ4v) is 3.95. The number of nitrogens with one attached hydrogen (secondary N) is 1. The summed E-state index contributed by atoms with van der Waals surface area (Å²) in [6, 6.07) is 3.80. The number of aromatic nitrogens is 3. The molecule has 0 radical (unpaired) electrons. The molecule has 0 spiro atoms. The molecule has 7 nitrogen and oxygen atoms in total. The Balaban J connectivity index is 1.77. The number of benzene rings is 1. The lowest BCUT2D eigenvalue weighted by atomic mass is 10.1. The third-order valence-corrected chi connectivity index (χ3v) is 5.85. The average Bonchev–Trinajstić information content (AvgIpc) is 3.00. The van der Waals surface area contributed by atoms with Crippen LogP contribution in [0.5, 0.6) is 0 Å². The van der Waals surface area contributed by atoms with Crippen LogP contribution in [-0.4, -0.2) is 34.5 Å². The molecule has 1 atom stereocenters. The van der Waals surface area contributed by atoms with Gasteiger partial charge in [0.05, 0.1) is 6.04 Å². The van der Waals surface area contributed by atoms with Crippen LogP contribution in [0.15, 0.2) is 24.5 Å². The van der Waals surface area contributed by atoms with E-state index in [0.717, 1.165) is 10.7 Å². The zero-order valence-corrected chi connectivity index (χ0v) is 14.6. The van der Waals surface area contributed by atoms with E-state index in [9.17, 15) is 12.8 Å². The summed E-state index contributed by atoms with van der Waals surface area (Å²) >= 11 is 5.96. The standard InChI is InChI=1S/C14H17ClFN5O2S/c1-20(8-10-11(15)4-2-5-12(10)16)24(22,23)19-13-6-3-7-21-14(13)17-9-18-21/h2,4-5,9,13,19H,3,6-8H2,1H3/t13-/m1/s1. The van der Waals surface area contributed by atoms with Crippen molar-refractivity contribution in [3.8, 4) is 0 Å². The molecule has 0 saturated heterocycles. The van der Waals surface area contributed by atoms with Crippen LogP contribution >= 0.6 is 11.6 Å². The molecule has 10 heteroatoms. The Morgan fingerprint density at radius 1 is 1.50 bits per heavy atom. The summed E-state index contributed by atoms with van der Waals surface area (Å²) in [6.07, 6.45) is 2.84. The van der Waals surface area contributed by atoms with Crippen molar-refractivity contribution in [3.63, 3.8) is 0 Å². The summed E-state index contributed by atoms with van der Waals surface area (Å²) in [5.74, 6) is 0.0455. The maximum Gasteiger partial charge on any atom is 0.280 e. The third kappa shape index (κ3) is 3.44. The number of fused-ring (bicyclic) bond motifs is 1. The predicted molar refractivity (Wildman–Crippen MR) is 86.9 cm³/mol. The second-order valence-electron chi connectivity index (χ2n) is 5.62. The molecule has 130 valence electrons. The van der Waals surface area contributed by atoms with Crippen LogP contribution in [0.3, 0.4) is 0 Å². The minimum Gasteiger partial charge on any atom is -0.248 e. The predicted octanol–water partition coefficient (Wildman–Crippen LogP) is 1.87. The molecule has 1 aliphatic rings. The van der Waals surface area contributed by atoms with Crippen LogP contribution in [0.25, 0.3) is 0 Å². The first-order valence-electron chi connectivity index (χ1n) is 7.42. The maximum absolute atomic E-state index is 13.9. The Labute approximate surface area is 144 Å². The van der Waals surface area contributed by atoms with Gasteiger partial charge in [0, 0.05) is 30.7 Å². The normalized spacial score (nSPS) is 17.9. The summed E-state index contributed by atoms with van der Waals surface area (Å²) < 4.78 is 44.3. The molecule has 0 unspecified atom stereocenters. The molecule has 1 N–H and O–H groups in total. The van der Waals surface area contributed by atoms with Gasteiger partial charge in [-0.05, 0) is 25.0 Å². The maximum atomic E-state index is 13.9. The highest BCUT2D eigenvalue weighted by molar-refractivity contribution is 7.87. The molecule has 1 aromatic heterocycles. The number of halogens is 2. The van der Waals surface area contributed by atoms with Gasteiger partial charge in [-0.1, -0.05) is 17.7 Å². The highest BCUT2D eigenvalue weighted by Crippen LogP contribution is 2.25. The third-order valence-electron chi connectivity index (χ3n) is 3.96. The van der Waals surface area contributed by atoms with E-state index in [0.29, 0.717) is 18.8 Å². The first-order chi connectivity index (χ1) is 11.4. The largest absolute Gasteiger partial charge is 0.280 e. The van der Waals surface area contributed by atoms with Crippen molar-refractivity contribution < 1.29 is 12.8 Å². The molecule has 0 bridgehead atoms. The highest BCUT2D eigenvalue weighted by Gasteiger charge is 2.29. The van der Waals surface area contributed by atoms with Gasteiger partial charge in [0.25, 0.3) is 10.2 Å². The number of hydrogen-bond acceptors (Lipinski definition) is 4. The number of hydrogen-bond donors (Lipinski definition) is 1. The summed E-state index contributed by atoms with van der Waals surface area (Å²) in [5, 5.41) is 4.25. The number of rotatable bonds is 5. The Bertz CT molecular complexity index is 821. The Kier molecular flexibility index (Phi) is 4.86. The van der Waals surface area contributed by atoms with Gasteiger partial charge < -0.3 is 0 Å². The van der Waals surface area contributed by atoms with Gasteiger partial charge in [-0.15, -0.1) is 0 Å². The lowest BCUT2D eigenvalue weighted by molar-refractivity contribution is 0.382. The molecule has 0 fully saturated rings. The quantitative estimate of drug-likeness (QED) is 0.867. The van der Waals surface area contributed by atoms with E-state index in [1.54, 1.807) is 4.68 Å². The van der Waals surface area contributed by atoms with Gasteiger partial charge in [-0.25, -0.2) is 14.1 Å². The van der Waals surface area contributed by atoms with E-state index in [2.05, 4.69) is 14.8 Å². The fourth-order valence-electron chi connectivity index (χ4n) is 2.66. The molecule has 1 aromatic carbocycles. The molecule has 3 rings (SSSR count). The molecule has 2 heterocycles. The van der Waals surface area contributed by atoms with E-state index < -0.39 is 22.1 Å². The second-order valence-corrected chi connectivity index (χ2v) is 7.83. The fraction of sp³-hybridized carbons (Fsp3) is 0.429. The first-order valence-corrected chi connectivity index (χ1v) is 9.24. The molecule has 0 amide bonds. The van der Waals surface area contributed by atoms with Crippen molar-refractivity contribution in [3.05, 3.63) is 46.8 Å². The van der Waals surface area contributed by atoms with Crippen molar-refractivity contribution in [2.45, 2.75) is 32.0 Å². The summed E-state index contributed by atoms with van der Waals surface area (Å²) in [6.45, 7) is 0.550. The first kappa shape index (κ1) is 17.3. The molecule has 0 aliphatic carbocycles. The minimum atomic E-state index is -3.84. The van der Waals surface area contributed by atoms with E-state index in [1.165, 1.54) is 31.6 Å². The smallest absolute Gasteiger partial charge is 0.248 e. The monoisotopic (exact) mass is 373 g/mol. The Morgan fingerprint density at radius 3 is 3.04 bits per heavy atom. The average molecular weight is 374 g/mol. The summed E-state index contributed by atoms with van der Waals surface area (Å²) in [7, 11) is -2.46. The van der Waals surface area contributed by atoms with E-state index in [-0.39, 0.29) is 17.1 Å². The lowest BCUT2D eigenvalue weighted by Crippen LogP contribution is -2.41. The Hall–Kier alpha value is -1.55. The van der Waals surface area contributed by atoms with Crippen molar-refractivity contribution >= 4 is 21.8 Å². The topological polar surface area (TPSA) is 80.1 Å². The SMILES string of the molecule is CN(Cc1c(F)cccc1Cl)S(=O)(=O)N[C@@H]1CCCn2ncnc21. The van der Waals surface area contributed by atoms with Crippen molar-refractivity contribution in [2.24, 2.45) is 0 Å². The molecular formula is C14H17ClFN5O2S. The zero-order chi connectivity index (χ0) is 17.3. The van der Waals surface area contributed by atoms with E-state index in [4.69, 9.17) is 11.6 Å². The van der Waals surface area contributed by atoms with Crippen LogP contribution < -0.4 is 4.72 Å². The van der Waals surface area contributed by atoms with Crippen molar-refractivity contribution in [2.75, 3.05) is 7.05 Å². The van der Waals surface area contributed by atoms with Crippen molar-refractivity contribution in [1.82, 2.24) is 23.8 Å². The summed E-state index contributed by atoms with van der Waals surface area (Å²) in [5.41, 5.74) is 0.138. The van der Waals surface area contributed by atoms with Crippen LogP contribution in [0, 0.1) is 5.82 Å². The molecule has 0 saturated carbocycles. The molecular weight excluding hydrogens is 357 g/mol. The van der Waals surface area contributed by atoms with E-state index >= 15 is 0 Å². The van der Waals surface area contributed by atoms with Crippen LogP contribution in [0.4, 0.5) is 4.39 Å². The van der Waals surface area contributed by atoms with Crippen LogP contribution in [0.1, 0.15) is 30.3 Å². The molecule has 2 aromatic rings. The van der Waals surface area contributed by atoms with E-state index in [1.807, 2.05) is 0 Å². The van der Waals surface area contributed by atoms with Gasteiger partial charge in [0.1, 0.15) is 18.0 Å². The molecule has 1 aliphatic heterocycles. The van der Waals surface area contributed by atoms with Gasteiger partial charge in [0.15, 0.2) is 0 Å². The van der Waals surface area contributed by atoms with Gasteiger partial charge in [-0.2, -0.15) is 22.5 Å². The van der Waals surface area contributed by atoms with Gasteiger partial charge in [0.2, 0.25) is 0 Å². The number of nitrogens with zero attached hydrogens (tertiary/aromatic N) is 4. The highest BCUT2D eigenvalue weighted by atomic mass is 35.5. The molecule has 24 heavy (non-hydrogen) atoms.